The lowest BCUT2D eigenvalue weighted by molar-refractivity contribution is -0.114. The van der Waals surface area contributed by atoms with Crippen molar-refractivity contribution in [3.05, 3.63) is 36.4 Å². The van der Waals surface area contributed by atoms with Crippen molar-refractivity contribution < 1.29 is 9.90 Å². The second kappa shape index (κ2) is 3.61. The Kier molecular flexibility index (Phi) is 2.29. The molecule has 15 heavy (non-hydrogen) atoms. The first-order chi connectivity index (χ1) is 7.18. The standard InChI is InChI=1S/C12H11NO2/c1-8(14)13-10-6-2-4-9-5-3-7-11(15)12(9)10/h2-7,15H,1H3,(H,13,14). The highest BCUT2D eigenvalue weighted by Gasteiger charge is 2.05. The minimum atomic E-state index is -0.147. The van der Waals surface area contributed by atoms with Gasteiger partial charge in [0, 0.05) is 12.3 Å². The molecule has 3 nitrogen and oxygen atoms in total. The number of anilines is 1. The molecule has 0 fully saturated rings. The maximum atomic E-state index is 11.0. The van der Waals surface area contributed by atoms with Gasteiger partial charge in [0.2, 0.25) is 5.91 Å². The molecule has 0 saturated carbocycles. The summed E-state index contributed by atoms with van der Waals surface area (Å²) in [5.74, 6) is 0.0302. The van der Waals surface area contributed by atoms with Crippen molar-refractivity contribution in [2.24, 2.45) is 0 Å². The maximum Gasteiger partial charge on any atom is 0.221 e. The number of amides is 1. The van der Waals surface area contributed by atoms with Gasteiger partial charge in [0.1, 0.15) is 5.75 Å². The van der Waals surface area contributed by atoms with E-state index in [9.17, 15) is 9.90 Å². The van der Waals surface area contributed by atoms with E-state index in [1.807, 2.05) is 18.2 Å². The molecule has 0 spiro atoms. The molecule has 2 aromatic rings. The minimum Gasteiger partial charge on any atom is -0.507 e. The lowest BCUT2D eigenvalue weighted by Gasteiger charge is -2.08. The fourth-order valence-electron chi connectivity index (χ4n) is 1.61. The Morgan fingerprint density at radius 3 is 2.53 bits per heavy atom. The first kappa shape index (κ1) is 9.52. The maximum absolute atomic E-state index is 11.0. The van der Waals surface area contributed by atoms with Crippen molar-refractivity contribution in [3.63, 3.8) is 0 Å². The zero-order valence-electron chi connectivity index (χ0n) is 8.32. The highest BCUT2D eigenvalue weighted by Crippen LogP contribution is 2.31. The Labute approximate surface area is 87.3 Å². The molecule has 0 saturated heterocycles. The molecule has 0 bridgehead atoms. The lowest BCUT2D eigenvalue weighted by Crippen LogP contribution is -2.05. The van der Waals surface area contributed by atoms with Gasteiger partial charge in [0.15, 0.2) is 0 Å². The molecule has 0 heterocycles. The number of nitrogens with one attached hydrogen (secondary N) is 1. The molecule has 0 aliphatic rings. The van der Waals surface area contributed by atoms with Crippen molar-refractivity contribution in [1.82, 2.24) is 0 Å². The minimum absolute atomic E-state index is 0.147. The lowest BCUT2D eigenvalue weighted by atomic mass is 10.1. The van der Waals surface area contributed by atoms with Crippen LogP contribution in [0.2, 0.25) is 0 Å². The number of hydrogen-bond acceptors (Lipinski definition) is 2. The molecule has 0 atom stereocenters. The Balaban J connectivity index is 2.68. The summed E-state index contributed by atoms with van der Waals surface area (Å²) in [6, 6.07) is 10.8. The summed E-state index contributed by atoms with van der Waals surface area (Å²) < 4.78 is 0. The normalized spacial score (nSPS) is 10.2. The van der Waals surface area contributed by atoms with Crippen LogP contribution in [0.4, 0.5) is 5.69 Å². The van der Waals surface area contributed by atoms with Gasteiger partial charge in [-0.05, 0) is 17.5 Å². The van der Waals surface area contributed by atoms with Gasteiger partial charge in [-0.2, -0.15) is 0 Å². The first-order valence-electron chi connectivity index (χ1n) is 4.67. The number of phenols is 1. The van der Waals surface area contributed by atoms with Crippen LogP contribution in [0.25, 0.3) is 10.8 Å². The first-order valence-corrected chi connectivity index (χ1v) is 4.67. The van der Waals surface area contributed by atoms with E-state index in [2.05, 4.69) is 5.32 Å². The molecule has 0 radical (unpaired) electrons. The number of phenolic OH excluding ortho intramolecular Hbond substituents is 1. The highest BCUT2D eigenvalue weighted by atomic mass is 16.3. The third-order valence-electron chi connectivity index (χ3n) is 2.19. The number of fused-ring (bicyclic) bond motifs is 1. The van der Waals surface area contributed by atoms with Gasteiger partial charge >= 0.3 is 0 Å². The Bertz CT molecular complexity index is 515. The highest BCUT2D eigenvalue weighted by molar-refractivity contribution is 6.04. The summed E-state index contributed by atoms with van der Waals surface area (Å²) in [5.41, 5.74) is 0.637. The summed E-state index contributed by atoms with van der Waals surface area (Å²) in [5, 5.41) is 14.0. The van der Waals surface area contributed by atoms with Gasteiger partial charge in [-0.1, -0.05) is 24.3 Å². The molecule has 0 aliphatic carbocycles. The molecule has 1 amide bonds. The van der Waals surface area contributed by atoms with E-state index in [-0.39, 0.29) is 11.7 Å². The van der Waals surface area contributed by atoms with Crippen molar-refractivity contribution in [3.8, 4) is 5.75 Å². The van der Waals surface area contributed by atoms with Crippen LogP contribution in [0.3, 0.4) is 0 Å². The third-order valence-corrected chi connectivity index (χ3v) is 2.19. The Morgan fingerprint density at radius 1 is 1.20 bits per heavy atom. The SMILES string of the molecule is CC(=O)Nc1cccc2cccc(O)c12. The average molecular weight is 201 g/mol. The van der Waals surface area contributed by atoms with Gasteiger partial charge in [0.25, 0.3) is 0 Å². The van der Waals surface area contributed by atoms with Crippen LogP contribution in [0.15, 0.2) is 36.4 Å². The van der Waals surface area contributed by atoms with E-state index >= 15 is 0 Å². The molecular weight excluding hydrogens is 190 g/mol. The van der Waals surface area contributed by atoms with Crippen LogP contribution >= 0.6 is 0 Å². The van der Waals surface area contributed by atoms with E-state index in [0.29, 0.717) is 11.1 Å². The predicted octanol–water partition coefficient (Wildman–Crippen LogP) is 2.50. The van der Waals surface area contributed by atoms with Gasteiger partial charge in [-0.3, -0.25) is 4.79 Å². The van der Waals surface area contributed by atoms with Crippen LogP contribution in [0, 0.1) is 0 Å². The largest absolute Gasteiger partial charge is 0.507 e. The third kappa shape index (κ3) is 1.76. The molecular formula is C12H11NO2. The van der Waals surface area contributed by atoms with E-state index in [0.717, 1.165) is 5.39 Å². The van der Waals surface area contributed by atoms with E-state index in [4.69, 9.17) is 0 Å². The number of benzene rings is 2. The number of rotatable bonds is 1. The second-order valence-electron chi connectivity index (χ2n) is 3.36. The predicted molar refractivity (Wildman–Crippen MR) is 59.9 cm³/mol. The van der Waals surface area contributed by atoms with Gasteiger partial charge in [0.05, 0.1) is 5.69 Å². The molecule has 0 aromatic heterocycles. The molecule has 2 rings (SSSR count). The number of hydrogen-bond donors (Lipinski definition) is 2. The van der Waals surface area contributed by atoms with E-state index in [1.165, 1.54) is 6.92 Å². The zero-order valence-corrected chi connectivity index (χ0v) is 8.32. The van der Waals surface area contributed by atoms with E-state index < -0.39 is 0 Å². The molecule has 76 valence electrons. The van der Waals surface area contributed by atoms with E-state index in [1.54, 1.807) is 18.2 Å². The fourth-order valence-corrected chi connectivity index (χ4v) is 1.61. The Hall–Kier alpha value is -2.03. The summed E-state index contributed by atoms with van der Waals surface area (Å²) in [6.45, 7) is 1.44. The molecule has 0 aliphatic heterocycles. The summed E-state index contributed by atoms with van der Waals surface area (Å²) >= 11 is 0. The second-order valence-corrected chi connectivity index (χ2v) is 3.36. The number of aromatic hydroxyl groups is 1. The number of carbonyl (C=O) groups is 1. The summed E-state index contributed by atoms with van der Waals surface area (Å²) in [4.78, 5) is 11.0. The van der Waals surface area contributed by atoms with Gasteiger partial charge in [-0.15, -0.1) is 0 Å². The van der Waals surface area contributed by atoms with Gasteiger partial charge in [-0.25, -0.2) is 0 Å². The van der Waals surface area contributed by atoms with Gasteiger partial charge < -0.3 is 10.4 Å². The monoisotopic (exact) mass is 201 g/mol. The van der Waals surface area contributed by atoms with Crippen LogP contribution in [0.5, 0.6) is 5.75 Å². The summed E-state index contributed by atoms with van der Waals surface area (Å²) in [7, 11) is 0. The van der Waals surface area contributed by atoms with Crippen molar-refractivity contribution >= 4 is 22.4 Å². The quantitative estimate of drug-likeness (QED) is 0.744. The molecule has 2 N–H and O–H groups in total. The molecule has 3 heteroatoms. The smallest absolute Gasteiger partial charge is 0.221 e. The zero-order chi connectivity index (χ0) is 10.8. The van der Waals surface area contributed by atoms with Crippen molar-refractivity contribution in [2.75, 3.05) is 5.32 Å². The van der Waals surface area contributed by atoms with Crippen LogP contribution in [-0.2, 0) is 4.79 Å². The van der Waals surface area contributed by atoms with Crippen molar-refractivity contribution in [1.29, 1.82) is 0 Å². The number of carbonyl (C=O) groups excluding carboxylic acids is 1. The fraction of sp³-hybridized carbons (Fsp3) is 0.0833. The molecule has 0 unspecified atom stereocenters. The van der Waals surface area contributed by atoms with Crippen molar-refractivity contribution in [2.45, 2.75) is 6.92 Å². The summed E-state index contributed by atoms with van der Waals surface area (Å²) in [6.07, 6.45) is 0. The average Bonchev–Trinajstić information content (AvgIpc) is 2.17. The molecule has 2 aromatic carbocycles. The van der Waals surface area contributed by atoms with Crippen LogP contribution < -0.4 is 5.32 Å². The Morgan fingerprint density at radius 2 is 1.87 bits per heavy atom. The van der Waals surface area contributed by atoms with Crippen LogP contribution in [0.1, 0.15) is 6.92 Å². The van der Waals surface area contributed by atoms with Crippen LogP contribution in [-0.4, -0.2) is 11.0 Å². The topological polar surface area (TPSA) is 49.3 Å².